The minimum Gasteiger partial charge on any atom is -0.469 e. The van der Waals surface area contributed by atoms with Gasteiger partial charge in [-0.25, -0.2) is 0 Å². The molecule has 9 heavy (non-hydrogen) atoms. The van der Waals surface area contributed by atoms with Gasteiger partial charge in [-0.2, -0.15) is 0 Å². The Labute approximate surface area is 53.7 Å². The van der Waals surface area contributed by atoms with Crippen LogP contribution in [0.2, 0.25) is 0 Å². The van der Waals surface area contributed by atoms with E-state index in [0.717, 1.165) is 0 Å². The van der Waals surface area contributed by atoms with Crippen LogP contribution in [0, 0.1) is 0 Å². The van der Waals surface area contributed by atoms with E-state index in [-0.39, 0.29) is 12.4 Å². The predicted molar refractivity (Wildman–Crippen MR) is 34.2 cm³/mol. The van der Waals surface area contributed by atoms with Crippen LogP contribution in [0.3, 0.4) is 0 Å². The third-order valence-corrected chi connectivity index (χ3v) is 0.840. The van der Waals surface area contributed by atoms with E-state index < -0.39 is 0 Å². The van der Waals surface area contributed by atoms with Gasteiger partial charge >= 0.3 is 5.97 Å². The lowest BCUT2D eigenvalue weighted by atomic mass is 10.4. The van der Waals surface area contributed by atoms with Crippen LogP contribution in [0.4, 0.5) is 0 Å². The van der Waals surface area contributed by atoms with E-state index in [1.165, 1.54) is 14.2 Å². The van der Waals surface area contributed by atoms with Gasteiger partial charge in [0.2, 0.25) is 0 Å². The molecule has 0 saturated carbocycles. The van der Waals surface area contributed by atoms with Crippen molar-refractivity contribution < 1.29 is 9.53 Å². The summed E-state index contributed by atoms with van der Waals surface area (Å²) in [5.41, 5.74) is 5.20. The fraction of sp³-hybridized carbons (Fsp3) is 0.600. The minimum absolute atomic E-state index is 0.0764. The molecule has 0 rings (SSSR count). The largest absolute Gasteiger partial charge is 0.469 e. The molecule has 0 aliphatic rings. The molecular formula is C5H10N2O2. The predicted octanol–water partition coefficient (Wildman–Crippen LogP) is -0.464. The van der Waals surface area contributed by atoms with Crippen molar-refractivity contribution in [1.82, 2.24) is 0 Å². The Morgan fingerprint density at radius 2 is 2.33 bits per heavy atom. The molecule has 0 aromatic heterocycles. The van der Waals surface area contributed by atoms with Crippen LogP contribution in [0.1, 0.15) is 6.42 Å². The van der Waals surface area contributed by atoms with E-state index >= 15 is 0 Å². The molecule has 0 aliphatic heterocycles. The average molecular weight is 130 g/mol. The fourth-order valence-electron chi connectivity index (χ4n) is 0.299. The molecule has 0 atom stereocenters. The van der Waals surface area contributed by atoms with Gasteiger partial charge in [-0.1, -0.05) is 0 Å². The summed E-state index contributed by atoms with van der Waals surface area (Å²) in [5, 5.41) is 0. The van der Waals surface area contributed by atoms with E-state index in [2.05, 4.69) is 9.73 Å². The zero-order valence-electron chi connectivity index (χ0n) is 5.55. The molecule has 0 spiro atoms. The molecule has 0 heterocycles. The number of methoxy groups -OCH3 is 1. The van der Waals surface area contributed by atoms with E-state index in [1.807, 2.05) is 0 Å². The molecule has 0 fully saturated rings. The number of nitrogens with zero attached hydrogens (tertiary/aromatic N) is 1. The molecule has 0 unspecified atom stereocenters. The fourth-order valence-corrected chi connectivity index (χ4v) is 0.299. The summed E-state index contributed by atoms with van der Waals surface area (Å²) in [6.07, 6.45) is 0.0764. The number of carbonyl (C=O) groups excluding carboxylic acids is 1. The zero-order chi connectivity index (χ0) is 7.28. The van der Waals surface area contributed by atoms with Crippen LogP contribution in [-0.2, 0) is 9.53 Å². The van der Waals surface area contributed by atoms with Gasteiger partial charge in [0.1, 0.15) is 12.3 Å². The summed E-state index contributed by atoms with van der Waals surface area (Å²) in [6.45, 7) is 0. The minimum atomic E-state index is -0.363. The number of ether oxygens (including phenoxy) is 1. The lowest BCUT2D eigenvalue weighted by Gasteiger charge is -1.95. The molecule has 0 bridgehead atoms. The normalized spacial score (nSPS) is 11.1. The van der Waals surface area contributed by atoms with Gasteiger partial charge < -0.3 is 10.5 Å². The molecule has 2 N–H and O–H groups in total. The Balaban J connectivity index is 3.60. The zero-order valence-corrected chi connectivity index (χ0v) is 5.55. The van der Waals surface area contributed by atoms with Crippen molar-refractivity contribution in [3.8, 4) is 0 Å². The molecule has 52 valence electrons. The average Bonchev–Trinajstić information content (AvgIpc) is 1.87. The Hall–Kier alpha value is -1.06. The van der Waals surface area contributed by atoms with Crippen LogP contribution >= 0.6 is 0 Å². The van der Waals surface area contributed by atoms with Crippen molar-refractivity contribution in [3.05, 3.63) is 0 Å². The maximum atomic E-state index is 10.4. The lowest BCUT2D eigenvalue weighted by Crippen LogP contribution is -2.17. The molecule has 0 saturated heterocycles. The number of amidine groups is 1. The molecule has 0 amide bonds. The number of esters is 1. The standard InChI is InChI=1S/C5H10N2O2/c1-7-4(6)3-5(8)9-2/h3H2,1-2H3,(H2,6,7). The van der Waals surface area contributed by atoms with Crippen molar-refractivity contribution >= 4 is 11.8 Å². The molecule has 0 aromatic carbocycles. The first-order valence-electron chi connectivity index (χ1n) is 2.48. The van der Waals surface area contributed by atoms with E-state index in [1.54, 1.807) is 0 Å². The van der Waals surface area contributed by atoms with Crippen molar-refractivity contribution in [2.75, 3.05) is 14.2 Å². The highest BCUT2D eigenvalue weighted by Gasteiger charge is 2.00. The Morgan fingerprint density at radius 1 is 1.78 bits per heavy atom. The topological polar surface area (TPSA) is 64.7 Å². The number of aliphatic imine (C=N–C) groups is 1. The Kier molecular flexibility index (Phi) is 3.43. The van der Waals surface area contributed by atoms with Gasteiger partial charge in [0.15, 0.2) is 0 Å². The van der Waals surface area contributed by atoms with Gasteiger partial charge in [-0.15, -0.1) is 0 Å². The summed E-state index contributed by atoms with van der Waals surface area (Å²) < 4.78 is 4.32. The van der Waals surface area contributed by atoms with Crippen LogP contribution < -0.4 is 5.73 Å². The van der Waals surface area contributed by atoms with Crippen molar-refractivity contribution in [2.45, 2.75) is 6.42 Å². The number of hydrogen-bond acceptors (Lipinski definition) is 3. The highest BCUT2D eigenvalue weighted by Crippen LogP contribution is 1.82. The van der Waals surface area contributed by atoms with E-state index in [9.17, 15) is 4.79 Å². The molecule has 0 radical (unpaired) electrons. The van der Waals surface area contributed by atoms with Gasteiger partial charge in [0.25, 0.3) is 0 Å². The van der Waals surface area contributed by atoms with Crippen LogP contribution in [-0.4, -0.2) is 26.0 Å². The van der Waals surface area contributed by atoms with Gasteiger partial charge in [-0.3, -0.25) is 9.79 Å². The highest BCUT2D eigenvalue weighted by atomic mass is 16.5. The van der Waals surface area contributed by atoms with Gasteiger partial charge in [0.05, 0.1) is 7.11 Å². The second-order valence-electron chi connectivity index (χ2n) is 1.47. The third-order valence-electron chi connectivity index (χ3n) is 0.840. The maximum absolute atomic E-state index is 10.4. The molecule has 0 aliphatic carbocycles. The maximum Gasteiger partial charge on any atom is 0.313 e. The molecule has 4 nitrogen and oxygen atoms in total. The van der Waals surface area contributed by atoms with Gasteiger partial charge in [-0.05, 0) is 0 Å². The summed E-state index contributed by atoms with van der Waals surface area (Å²) in [6, 6.07) is 0. The first-order valence-corrected chi connectivity index (χ1v) is 2.48. The van der Waals surface area contributed by atoms with E-state index in [4.69, 9.17) is 5.73 Å². The van der Waals surface area contributed by atoms with Crippen molar-refractivity contribution in [1.29, 1.82) is 0 Å². The quantitative estimate of drug-likeness (QED) is 0.312. The second-order valence-corrected chi connectivity index (χ2v) is 1.47. The summed E-state index contributed by atoms with van der Waals surface area (Å²) >= 11 is 0. The van der Waals surface area contributed by atoms with Crippen LogP contribution in [0.15, 0.2) is 4.99 Å². The first kappa shape index (κ1) is 7.94. The number of carbonyl (C=O) groups is 1. The Bertz CT molecular complexity index is 131. The van der Waals surface area contributed by atoms with Crippen molar-refractivity contribution in [3.63, 3.8) is 0 Å². The summed E-state index contributed by atoms with van der Waals surface area (Å²) in [7, 11) is 2.84. The second kappa shape index (κ2) is 3.88. The highest BCUT2D eigenvalue weighted by molar-refractivity contribution is 5.96. The summed E-state index contributed by atoms with van der Waals surface area (Å²) in [5.74, 6) is -0.0695. The number of hydrogen-bond donors (Lipinski definition) is 1. The van der Waals surface area contributed by atoms with Crippen molar-refractivity contribution in [2.24, 2.45) is 10.7 Å². The first-order chi connectivity index (χ1) is 4.20. The number of nitrogens with two attached hydrogens (primary N) is 1. The molecule has 0 aromatic rings. The molecular weight excluding hydrogens is 120 g/mol. The summed E-state index contributed by atoms with van der Waals surface area (Å²) in [4.78, 5) is 14.0. The monoisotopic (exact) mass is 130 g/mol. The SMILES string of the molecule is CN=C(N)CC(=O)OC. The van der Waals surface area contributed by atoms with E-state index in [0.29, 0.717) is 5.84 Å². The Morgan fingerprint density at radius 3 is 2.67 bits per heavy atom. The smallest absolute Gasteiger partial charge is 0.313 e. The van der Waals surface area contributed by atoms with Gasteiger partial charge in [0, 0.05) is 7.05 Å². The third kappa shape index (κ3) is 3.52. The number of rotatable bonds is 2. The van der Waals surface area contributed by atoms with Crippen LogP contribution in [0.25, 0.3) is 0 Å². The molecule has 4 heteroatoms. The lowest BCUT2D eigenvalue weighted by molar-refractivity contribution is -0.139. The van der Waals surface area contributed by atoms with Crippen LogP contribution in [0.5, 0.6) is 0 Å².